The van der Waals surface area contributed by atoms with Crippen molar-refractivity contribution >= 4 is 28.9 Å². The molecule has 4 nitrogen and oxygen atoms in total. The van der Waals surface area contributed by atoms with E-state index in [1.807, 2.05) is 19.1 Å². The normalized spacial score (nSPS) is 16.2. The largest absolute Gasteiger partial charge is 0.465 e. The standard InChI is InChI=1S/C20H23NO3S/c1-4-13-6-8-17-15(9-13)11-18(25-17)19(22)21-16-10-14(20(23)24-3)7-5-12(16)2/h5,7,10-11,13H,4,6,8-9H2,1-3H3,(H,21,22)/t13-/m1/s1. The predicted octanol–water partition coefficient (Wildman–Crippen LogP) is 4.61. The number of thiophene rings is 1. The predicted molar refractivity (Wildman–Crippen MR) is 101 cm³/mol. The van der Waals surface area contributed by atoms with Crippen molar-refractivity contribution in [2.75, 3.05) is 12.4 Å². The Morgan fingerprint density at radius 3 is 2.84 bits per heavy atom. The van der Waals surface area contributed by atoms with E-state index < -0.39 is 5.97 Å². The molecule has 0 spiro atoms. The zero-order valence-electron chi connectivity index (χ0n) is 14.8. The molecule has 0 saturated heterocycles. The highest BCUT2D eigenvalue weighted by Crippen LogP contribution is 2.34. The van der Waals surface area contributed by atoms with Gasteiger partial charge in [0.2, 0.25) is 0 Å². The van der Waals surface area contributed by atoms with Gasteiger partial charge in [-0.15, -0.1) is 11.3 Å². The molecule has 0 aliphatic heterocycles. The monoisotopic (exact) mass is 357 g/mol. The first-order valence-corrected chi connectivity index (χ1v) is 9.45. The number of benzene rings is 1. The van der Waals surface area contributed by atoms with Crippen molar-refractivity contribution in [3.63, 3.8) is 0 Å². The molecule has 0 radical (unpaired) electrons. The van der Waals surface area contributed by atoms with Crippen LogP contribution in [0.4, 0.5) is 5.69 Å². The van der Waals surface area contributed by atoms with E-state index in [1.54, 1.807) is 23.5 Å². The number of methoxy groups -OCH3 is 1. The van der Waals surface area contributed by atoms with Crippen molar-refractivity contribution in [3.8, 4) is 0 Å². The zero-order chi connectivity index (χ0) is 18.0. The van der Waals surface area contributed by atoms with Crippen LogP contribution in [0.25, 0.3) is 0 Å². The van der Waals surface area contributed by atoms with Gasteiger partial charge in [-0.1, -0.05) is 19.4 Å². The van der Waals surface area contributed by atoms with Gasteiger partial charge in [0.1, 0.15) is 0 Å². The molecule has 2 aromatic rings. The fourth-order valence-electron chi connectivity index (χ4n) is 3.24. The SMILES string of the molecule is CC[C@@H]1CCc2sc(C(=O)Nc3cc(C(=O)OC)ccc3C)cc2C1. The van der Waals surface area contributed by atoms with Crippen molar-refractivity contribution in [2.24, 2.45) is 5.92 Å². The molecule has 3 rings (SSSR count). The van der Waals surface area contributed by atoms with Crippen LogP contribution in [0.5, 0.6) is 0 Å². The zero-order valence-corrected chi connectivity index (χ0v) is 15.7. The molecule has 1 aromatic heterocycles. The Kier molecular flexibility index (Phi) is 5.23. The number of hydrogen-bond acceptors (Lipinski definition) is 4. The fraction of sp³-hybridized carbons (Fsp3) is 0.400. The molecule has 0 bridgehead atoms. The molecular weight excluding hydrogens is 334 g/mol. The summed E-state index contributed by atoms with van der Waals surface area (Å²) in [5.41, 5.74) is 3.31. The van der Waals surface area contributed by atoms with E-state index in [9.17, 15) is 9.59 Å². The summed E-state index contributed by atoms with van der Waals surface area (Å²) in [6.45, 7) is 4.13. The average Bonchev–Trinajstić information content (AvgIpc) is 3.06. The highest BCUT2D eigenvalue weighted by molar-refractivity contribution is 7.14. The summed E-state index contributed by atoms with van der Waals surface area (Å²) in [5.74, 6) is 0.210. The molecule has 132 valence electrons. The van der Waals surface area contributed by atoms with Gasteiger partial charge < -0.3 is 10.1 Å². The third-order valence-electron chi connectivity index (χ3n) is 4.89. The van der Waals surface area contributed by atoms with E-state index in [0.29, 0.717) is 11.3 Å². The number of nitrogens with one attached hydrogen (secondary N) is 1. The number of esters is 1. The van der Waals surface area contributed by atoms with E-state index in [-0.39, 0.29) is 5.91 Å². The van der Waals surface area contributed by atoms with Crippen molar-refractivity contribution in [1.29, 1.82) is 0 Å². The second-order valence-corrected chi connectivity index (χ2v) is 7.69. The number of fused-ring (bicyclic) bond motifs is 1. The molecule has 5 heteroatoms. The maximum absolute atomic E-state index is 12.7. The van der Waals surface area contributed by atoms with Gasteiger partial charge >= 0.3 is 5.97 Å². The molecule has 1 aromatic carbocycles. The fourth-order valence-corrected chi connectivity index (χ4v) is 4.35. The lowest BCUT2D eigenvalue weighted by Crippen LogP contribution is -2.12. The number of carbonyl (C=O) groups is 2. The Morgan fingerprint density at radius 1 is 1.32 bits per heavy atom. The molecule has 1 amide bonds. The quantitative estimate of drug-likeness (QED) is 0.813. The summed E-state index contributed by atoms with van der Waals surface area (Å²) in [6, 6.07) is 7.22. The first-order valence-electron chi connectivity index (χ1n) is 8.63. The summed E-state index contributed by atoms with van der Waals surface area (Å²) >= 11 is 1.59. The second kappa shape index (κ2) is 7.40. The van der Waals surface area contributed by atoms with Gasteiger partial charge in [-0.25, -0.2) is 4.79 Å². The molecular formula is C20H23NO3S. The van der Waals surface area contributed by atoms with Gasteiger partial charge in [-0.3, -0.25) is 4.79 Å². The van der Waals surface area contributed by atoms with Crippen molar-refractivity contribution < 1.29 is 14.3 Å². The number of aryl methyl sites for hydroxylation is 2. The van der Waals surface area contributed by atoms with Crippen LogP contribution >= 0.6 is 11.3 Å². The van der Waals surface area contributed by atoms with Gasteiger partial charge in [0.15, 0.2) is 0 Å². The maximum atomic E-state index is 12.7. The van der Waals surface area contributed by atoms with Gasteiger partial charge in [-0.05, 0) is 61.4 Å². The summed E-state index contributed by atoms with van der Waals surface area (Å²) < 4.78 is 4.75. The van der Waals surface area contributed by atoms with Crippen LogP contribution in [0.3, 0.4) is 0 Å². The first-order chi connectivity index (χ1) is 12.0. The lowest BCUT2D eigenvalue weighted by molar-refractivity contribution is 0.0600. The van der Waals surface area contributed by atoms with Crippen LogP contribution in [0, 0.1) is 12.8 Å². The van der Waals surface area contributed by atoms with Gasteiger partial charge in [0, 0.05) is 10.6 Å². The Morgan fingerprint density at radius 2 is 2.12 bits per heavy atom. The minimum atomic E-state index is -0.410. The molecule has 0 saturated carbocycles. The number of amides is 1. The van der Waals surface area contributed by atoms with E-state index in [4.69, 9.17) is 4.74 Å². The number of carbonyl (C=O) groups excluding carboxylic acids is 2. The third kappa shape index (κ3) is 3.76. The third-order valence-corrected chi connectivity index (χ3v) is 6.13. The topological polar surface area (TPSA) is 55.4 Å². The van der Waals surface area contributed by atoms with Crippen LogP contribution in [0.2, 0.25) is 0 Å². The van der Waals surface area contributed by atoms with Crippen molar-refractivity contribution in [2.45, 2.75) is 39.5 Å². The van der Waals surface area contributed by atoms with E-state index in [2.05, 4.69) is 12.2 Å². The summed E-state index contributed by atoms with van der Waals surface area (Å²) in [5, 5.41) is 2.94. The minimum absolute atomic E-state index is 0.113. The molecule has 0 unspecified atom stereocenters. The highest BCUT2D eigenvalue weighted by Gasteiger charge is 2.22. The van der Waals surface area contributed by atoms with E-state index in [0.717, 1.165) is 29.2 Å². The van der Waals surface area contributed by atoms with Gasteiger partial charge in [0.25, 0.3) is 5.91 Å². The molecule has 1 aliphatic carbocycles. The van der Waals surface area contributed by atoms with Crippen molar-refractivity contribution in [3.05, 3.63) is 50.7 Å². The smallest absolute Gasteiger partial charge is 0.337 e. The molecule has 1 N–H and O–H groups in total. The van der Waals surface area contributed by atoms with Crippen LogP contribution < -0.4 is 5.32 Å². The molecule has 1 aliphatic rings. The minimum Gasteiger partial charge on any atom is -0.465 e. The Hall–Kier alpha value is -2.14. The van der Waals surface area contributed by atoms with Crippen molar-refractivity contribution in [1.82, 2.24) is 0 Å². The Balaban J connectivity index is 1.79. The van der Waals surface area contributed by atoms with Crippen LogP contribution in [0.1, 0.15) is 55.8 Å². The summed E-state index contributed by atoms with van der Waals surface area (Å²) in [7, 11) is 1.35. The van der Waals surface area contributed by atoms with Crippen LogP contribution in [-0.4, -0.2) is 19.0 Å². The number of rotatable bonds is 4. The van der Waals surface area contributed by atoms with E-state index in [1.165, 1.54) is 30.4 Å². The molecule has 0 fully saturated rings. The van der Waals surface area contributed by atoms with Crippen LogP contribution in [-0.2, 0) is 17.6 Å². The summed E-state index contributed by atoms with van der Waals surface area (Å²) in [4.78, 5) is 26.4. The highest BCUT2D eigenvalue weighted by atomic mass is 32.1. The second-order valence-electron chi connectivity index (χ2n) is 6.55. The van der Waals surface area contributed by atoms with Crippen LogP contribution in [0.15, 0.2) is 24.3 Å². The van der Waals surface area contributed by atoms with E-state index >= 15 is 0 Å². The molecule has 25 heavy (non-hydrogen) atoms. The first kappa shape index (κ1) is 17.7. The average molecular weight is 357 g/mol. The number of anilines is 1. The molecule has 1 atom stereocenters. The Bertz CT molecular complexity index is 809. The van der Waals surface area contributed by atoms with Gasteiger partial charge in [-0.2, -0.15) is 0 Å². The number of hydrogen-bond donors (Lipinski definition) is 1. The maximum Gasteiger partial charge on any atom is 0.337 e. The molecule has 1 heterocycles. The Labute approximate surface area is 152 Å². The summed E-state index contributed by atoms with van der Waals surface area (Å²) in [6.07, 6.45) is 4.55. The lowest BCUT2D eigenvalue weighted by atomic mass is 9.87. The lowest BCUT2D eigenvalue weighted by Gasteiger charge is -2.19. The van der Waals surface area contributed by atoms with Gasteiger partial charge in [0.05, 0.1) is 17.6 Å². The number of ether oxygens (including phenoxy) is 1.